The number of hydrogen-bond donors (Lipinski definition) is 2. The van der Waals surface area contributed by atoms with E-state index in [9.17, 15) is 19.7 Å². The quantitative estimate of drug-likeness (QED) is 0.353. The molecule has 30 heavy (non-hydrogen) atoms. The van der Waals surface area contributed by atoms with Crippen molar-refractivity contribution >= 4 is 28.9 Å². The molecule has 0 bridgehead atoms. The van der Waals surface area contributed by atoms with Crippen LogP contribution in [0.1, 0.15) is 28.6 Å². The second-order valence-corrected chi connectivity index (χ2v) is 6.34. The molecule has 0 radical (unpaired) electrons. The van der Waals surface area contributed by atoms with Crippen molar-refractivity contribution in [2.24, 2.45) is 5.10 Å². The molecule has 3 rings (SSSR count). The molecule has 9 nitrogen and oxygen atoms in total. The molecule has 0 spiro atoms. The van der Waals surface area contributed by atoms with Crippen LogP contribution in [-0.2, 0) is 11.2 Å². The van der Waals surface area contributed by atoms with E-state index in [0.29, 0.717) is 17.0 Å². The third kappa shape index (κ3) is 5.38. The fraction of sp³-hybridized carbons (Fsp3) is 0.0952. The molecular weight excluding hydrogens is 388 g/mol. The van der Waals surface area contributed by atoms with Crippen LogP contribution in [0.3, 0.4) is 0 Å². The van der Waals surface area contributed by atoms with Crippen molar-refractivity contribution in [3.63, 3.8) is 0 Å². The molecule has 9 heteroatoms. The molecule has 0 aliphatic carbocycles. The van der Waals surface area contributed by atoms with Crippen molar-refractivity contribution in [1.29, 1.82) is 0 Å². The largest absolute Gasteiger partial charge is 0.459 e. The van der Waals surface area contributed by atoms with Crippen LogP contribution in [0, 0.1) is 10.1 Å². The van der Waals surface area contributed by atoms with E-state index >= 15 is 0 Å². The van der Waals surface area contributed by atoms with Gasteiger partial charge in [0.25, 0.3) is 11.6 Å². The van der Waals surface area contributed by atoms with Crippen LogP contribution in [0.4, 0.5) is 11.4 Å². The Hall–Kier alpha value is -4.27. The summed E-state index contributed by atoms with van der Waals surface area (Å²) in [6.07, 6.45) is 1.47. The zero-order valence-corrected chi connectivity index (χ0v) is 16.0. The highest BCUT2D eigenvalue weighted by Crippen LogP contribution is 2.13. The van der Waals surface area contributed by atoms with E-state index in [-0.39, 0.29) is 29.7 Å². The molecule has 3 aromatic rings. The van der Waals surface area contributed by atoms with Crippen LogP contribution in [0.2, 0.25) is 0 Å². The Kier molecular flexibility index (Phi) is 6.33. The average molecular weight is 406 g/mol. The maximum absolute atomic E-state index is 12.0. The summed E-state index contributed by atoms with van der Waals surface area (Å²) in [7, 11) is 0. The monoisotopic (exact) mass is 406 g/mol. The molecule has 2 amide bonds. The summed E-state index contributed by atoms with van der Waals surface area (Å²) < 4.78 is 5.04. The number of amides is 2. The molecule has 1 aromatic heterocycles. The van der Waals surface area contributed by atoms with Gasteiger partial charge in [0.15, 0.2) is 5.76 Å². The lowest BCUT2D eigenvalue weighted by molar-refractivity contribution is -0.384. The number of non-ortho nitro benzene ring substituents is 1. The number of nitro groups is 1. The first-order valence-corrected chi connectivity index (χ1v) is 8.94. The lowest BCUT2D eigenvalue weighted by Gasteiger charge is -2.06. The Labute approximate surface area is 171 Å². The van der Waals surface area contributed by atoms with Gasteiger partial charge in [0.1, 0.15) is 0 Å². The molecule has 2 N–H and O–H groups in total. The van der Waals surface area contributed by atoms with E-state index in [0.717, 1.165) is 5.56 Å². The Morgan fingerprint density at radius 3 is 2.37 bits per heavy atom. The predicted molar refractivity (Wildman–Crippen MR) is 110 cm³/mol. The number of anilines is 1. The van der Waals surface area contributed by atoms with Gasteiger partial charge in [0, 0.05) is 17.8 Å². The molecule has 1 heterocycles. The van der Waals surface area contributed by atoms with E-state index in [1.165, 1.54) is 30.5 Å². The van der Waals surface area contributed by atoms with Gasteiger partial charge in [-0.3, -0.25) is 19.7 Å². The molecule has 0 aliphatic rings. The number of hydrogen-bond acceptors (Lipinski definition) is 6. The van der Waals surface area contributed by atoms with Crippen LogP contribution >= 0.6 is 0 Å². The number of rotatable bonds is 7. The van der Waals surface area contributed by atoms with Gasteiger partial charge in [0.05, 0.1) is 23.3 Å². The highest BCUT2D eigenvalue weighted by molar-refractivity contribution is 6.03. The lowest BCUT2D eigenvalue weighted by Crippen LogP contribution is -2.21. The van der Waals surface area contributed by atoms with Crippen molar-refractivity contribution in [3.05, 3.63) is 93.9 Å². The molecule has 0 unspecified atom stereocenters. The number of nitrogens with one attached hydrogen (secondary N) is 2. The molecule has 0 atom stereocenters. The number of furan rings is 1. The van der Waals surface area contributed by atoms with Crippen molar-refractivity contribution in [2.45, 2.75) is 13.3 Å². The average Bonchev–Trinajstić information content (AvgIpc) is 3.28. The second-order valence-electron chi connectivity index (χ2n) is 6.34. The maximum atomic E-state index is 12.0. The first kappa shape index (κ1) is 20.5. The highest BCUT2D eigenvalue weighted by Gasteiger charge is 2.09. The maximum Gasteiger partial charge on any atom is 0.291 e. The topological polar surface area (TPSA) is 127 Å². The molecule has 2 aromatic carbocycles. The molecule has 152 valence electrons. The summed E-state index contributed by atoms with van der Waals surface area (Å²) in [5.41, 5.74) is 5.01. The molecular formula is C21H18N4O5. The third-order valence-corrected chi connectivity index (χ3v) is 4.17. The molecule has 0 saturated carbocycles. The Bertz CT molecular complexity index is 1070. The minimum Gasteiger partial charge on any atom is -0.459 e. The number of nitrogens with zero attached hydrogens (tertiary/aromatic N) is 2. The van der Waals surface area contributed by atoms with E-state index in [1.807, 2.05) is 0 Å². The van der Waals surface area contributed by atoms with Gasteiger partial charge < -0.3 is 9.73 Å². The van der Waals surface area contributed by atoms with Gasteiger partial charge >= 0.3 is 0 Å². The van der Waals surface area contributed by atoms with Crippen LogP contribution in [0.25, 0.3) is 0 Å². The highest BCUT2D eigenvalue weighted by atomic mass is 16.6. The van der Waals surface area contributed by atoms with Crippen LogP contribution in [-0.4, -0.2) is 22.4 Å². The second kappa shape index (κ2) is 9.28. The fourth-order valence-electron chi connectivity index (χ4n) is 2.57. The summed E-state index contributed by atoms with van der Waals surface area (Å²) in [6.45, 7) is 1.74. The first-order chi connectivity index (χ1) is 14.4. The van der Waals surface area contributed by atoms with Crippen molar-refractivity contribution in [3.8, 4) is 0 Å². The van der Waals surface area contributed by atoms with Crippen molar-refractivity contribution in [1.82, 2.24) is 5.43 Å². The molecule has 0 fully saturated rings. The zero-order valence-electron chi connectivity index (χ0n) is 16.0. The lowest BCUT2D eigenvalue weighted by atomic mass is 10.1. The standard InChI is InChI=1S/C21H18N4O5/c1-14(23-24-20(26)13-15-4-10-18(11-5-15)25(28)29)16-6-8-17(9-7-16)22-21(27)19-3-2-12-30-19/h2-12H,13H2,1H3,(H,22,27)(H,24,26)/b23-14+. The van der Waals surface area contributed by atoms with E-state index in [2.05, 4.69) is 15.8 Å². The summed E-state index contributed by atoms with van der Waals surface area (Å²) in [5.74, 6) is -0.477. The van der Waals surface area contributed by atoms with Crippen molar-refractivity contribution in [2.75, 3.05) is 5.32 Å². The Morgan fingerprint density at radius 2 is 1.77 bits per heavy atom. The van der Waals surface area contributed by atoms with Gasteiger partial charge in [-0.05, 0) is 42.3 Å². The zero-order chi connectivity index (χ0) is 21.5. The van der Waals surface area contributed by atoms with E-state index < -0.39 is 4.92 Å². The van der Waals surface area contributed by atoms with Gasteiger partial charge in [0.2, 0.25) is 5.91 Å². The van der Waals surface area contributed by atoms with Crippen LogP contribution < -0.4 is 10.7 Å². The Balaban J connectivity index is 1.55. The first-order valence-electron chi connectivity index (χ1n) is 8.94. The van der Waals surface area contributed by atoms with E-state index in [1.54, 1.807) is 43.3 Å². The number of carbonyl (C=O) groups is 2. The SMILES string of the molecule is C/C(=N\NC(=O)Cc1ccc([N+](=O)[O-])cc1)c1ccc(NC(=O)c2ccco2)cc1. The van der Waals surface area contributed by atoms with Gasteiger partial charge in [-0.25, -0.2) is 5.43 Å². The fourth-order valence-corrected chi connectivity index (χ4v) is 2.57. The predicted octanol–water partition coefficient (Wildman–Crippen LogP) is 3.52. The number of nitro benzene ring substituents is 1. The van der Waals surface area contributed by atoms with Crippen molar-refractivity contribution < 1.29 is 18.9 Å². The third-order valence-electron chi connectivity index (χ3n) is 4.17. The van der Waals surface area contributed by atoms with Gasteiger partial charge in [-0.1, -0.05) is 24.3 Å². The summed E-state index contributed by atoms with van der Waals surface area (Å²) in [4.78, 5) is 34.2. The smallest absolute Gasteiger partial charge is 0.291 e. The van der Waals surface area contributed by atoms with Crippen LogP contribution in [0.15, 0.2) is 76.4 Å². The number of hydrazone groups is 1. The number of benzene rings is 2. The minimum atomic E-state index is -0.495. The summed E-state index contributed by atoms with van der Waals surface area (Å²) in [6, 6.07) is 15.9. The van der Waals surface area contributed by atoms with E-state index in [4.69, 9.17) is 4.42 Å². The Morgan fingerprint density at radius 1 is 1.07 bits per heavy atom. The van der Waals surface area contributed by atoms with Gasteiger partial charge in [-0.15, -0.1) is 0 Å². The summed E-state index contributed by atoms with van der Waals surface area (Å²) in [5, 5.41) is 17.4. The normalized spacial score (nSPS) is 11.0. The molecule has 0 aliphatic heterocycles. The summed E-state index contributed by atoms with van der Waals surface area (Å²) >= 11 is 0. The minimum absolute atomic E-state index is 0.0307. The molecule has 0 saturated heterocycles. The number of carbonyl (C=O) groups excluding carboxylic acids is 2. The van der Waals surface area contributed by atoms with Crippen LogP contribution in [0.5, 0.6) is 0 Å². The van der Waals surface area contributed by atoms with Gasteiger partial charge in [-0.2, -0.15) is 5.10 Å².